The summed E-state index contributed by atoms with van der Waals surface area (Å²) in [5, 5.41) is 9.02. The number of esters is 1. The third kappa shape index (κ3) is 2.60. The summed E-state index contributed by atoms with van der Waals surface area (Å²) in [5.41, 5.74) is -0.216. The molecule has 0 aliphatic rings. The molecule has 3 nitrogen and oxygen atoms in total. The zero-order valence-electron chi connectivity index (χ0n) is 8.76. The van der Waals surface area contributed by atoms with Gasteiger partial charge in [0, 0.05) is 6.07 Å². The molecular formula is C13H9FO3. The van der Waals surface area contributed by atoms with E-state index in [1.54, 1.807) is 30.3 Å². The van der Waals surface area contributed by atoms with Crippen molar-refractivity contribution in [3.05, 3.63) is 59.9 Å². The molecule has 0 saturated carbocycles. The number of hydrogen-bond acceptors (Lipinski definition) is 3. The van der Waals surface area contributed by atoms with Crippen LogP contribution in [0.5, 0.6) is 11.5 Å². The second-order valence-electron chi connectivity index (χ2n) is 3.37. The molecule has 0 radical (unpaired) electrons. The van der Waals surface area contributed by atoms with Crippen molar-refractivity contribution in [2.24, 2.45) is 0 Å². The number of hydrogen-bond donors (Lipinski definition) is 1. The number of benzene rings is 2. The van der Waals surface area contributed by atoms with E-state index >= 15 is 0 Å². The molecule has 0 aliphatic carbocycles. The van der Waals surface area contributed by atoms with Crippen LogP contribution < -0.4 is 4.74 Å². The standard InChI is InChI=1S/C13H9FO3/c14-12-8-9(15)6-7-11(12)13(16)17-10-4-2-1-3-5-10/h1-8,15H. The Morgan fingerprint density at radius 2 is 1.82 bits per heavy atom. The third-order valence-corrected chi connectivity index (χ3v) is 2.13. The molecule has 2 aromatic rings. The van der Waals surface area contributed by atoms with Gasteiger partial charge in [0.05, 0.1) is 5.56 Å². The van der Waals surface area contributed by atoms with Gasteiger partial charge in [0.25, 0.3) is 0 Å². The van der Waals surface area contributed by atoms with Gasteiger partial charge < -0.3 is 9.84 Å². The molecule has 1 N–H and O–H groups in total. The zero-order chi connectivity index (χ0) is 12.3. The topological polar surface area (TPSA) is 46.5 Å². The molecule has 4 heteroatoms. The van der Waals surface area contributed by atoms with Crippen LogP contribution in [0.15, 0.2) is 48.5 Å². The van der Waals surface area contributed by atoms with Crippen LogP contribution in [0.2, 0.25) is 0 Å². The first-order valence-corrected chi connectivity index (χ1v) is 4.92. The van der Waals surface area contributed by atoms with Crippen LogP contribution in [0, 0.1) is 5.82 Å². The van der Waals surface area contributed by atoms with Crippen molar-refractivity contribution in [2.75, 3.05) is 0 Å². The molecule has 0 saturated heterocycles. The van der Waals surface area contributed by atoms with Gasteiger partial charge in [-0.1, -0.05) is 18.2 Å². The highest BCUT2D eigenvalue weighted by molar-refractivity contribution is 5.91. The number of para-hydroxylation sites is 1. The van der Waals surface area contributed by atoms with Crippen molar-refractivity contribution < 1.29 is 19.0 Å². The van der Waals surface area contributed by atoms with E-state index in [0.717, 1.165) is 6.07 Å². The normalized spacial score (nSPS) is 9.94. The van der Waals surface area contributed by atoms with E-state index in [1.165, 1.54) is 12.1 Å². The van der Waals surface area contributed by atoms with Gasteiger partial charge in [-0.15, -0.1) is 0 Å². The Hall–Kier alpha value is -2.36. The number of phenolic OH excluding ortho intramolecular Hbond substituents is 1. The number of aromatic hydroxyl groups is 1. The van der Waals surface area contributed by atoms with Crippen LogP contribution in [0.25, 0.3) is 0 Å². The summed E-state index contributed by atoms with van der Waals surface area (Å²) >= 11 is 0. The Kier molecular flexibility index (Phi) is 3.05. The van der Waals surface area contributed by atoms with Crippen LogP contribution in [0.1, 0.15) is 10.4 Å². The van der Waals surface area contributed by atoms with E-state index in [0.29, 0.717) is 5.75 Å². The van der Waals surface area contributed by atoms with Gasteiger partial charge in [0.1, 0.15) is 17.3 Å². The molecule has 0 aliphatic heterocycles. The molecule has 0 spiro atoms. The predicted molar refractivity (Wildman–Crippen MR) is 59.5 cm³/mol. The molecule has 0 heterocycles. The number of halogens is 1. The molecule has 0 amide bonds. The number of carbonyl (C=O) groups is 1. The lowest BCUT2D eigenvalue weighted by molar-refractivity contribution is 0.0730. The maximum Gasteiger partial charge on any atom is 0.346 e. The summed E-state index contributed by atoms with van der Waals surface area (Å²) in [6.45, 7) is 0. The largest absolute Gasteiger partial charge is 0.508 e. The molecule has 0 unspecified atom stereocenters. The minimum Gasteiger partial charge on any atom is -0.508 e. The van der Waals surface area contributed by atoms with Crippen molar-refractivity contribution in [3.63, 3.8) is 0 Å². The Bertz CT molecular complexity index is 538. The monoisotopic (exact) mass is 232 g/mol. The fourth-order valence-electron chi connectivity index (χ4n) is 1.32. The average Bonchev–Trinajstić information content (AvgIpc) is 2.30. The van der Waals surface area contributed by atoms with Crippen molar-refractivity contribution in [2.45, 2.75) is 0 Å². The summed E-state index contributed by atoms with van der Waals surface area (Å²) in [5.74, 6) is -1.51. The summed E-state index contributed by atoms with van der Waals surface area (Å²) in [6.07, 6.45) is 0. The summed E-state index contributed by atoms with van der Waals surface area (Å²) in [7, 11) is 0. The molecule has 0 aromatic heterocycles. The highest BCUT2D eigenvalue weighted by Crippen LogP contribution is 2.17. The van der Waals surface area contributed by atoms with Crippen LogP contribution in [-0.2, 0) is 0 Å². The summed E-state index contributed by atoms with van der Waals surface area (Å²) < 4.78 is 18.3. The van der Waals surface area contributed by atoms with Gasteiger partial charge in [0.15, 0.2) is 0 Å². The maximum atomic E-state index is 13.3. The molecule has 0 bridgehead atoms. The minimum atomic E-state index is -0.814. The number of rotatable bonds is 2. The van der Waals surface area contributed by atoms with Gasteiger partial charge in [0.2, 0.25) is 0 Å². The minimum absolute atomic E-state index is 0.216. The van der Waals surface area contributed by atoms with Crippen molar-refractivity contribution >= 4 is 5.97 Å². The maximum absolute atomic E-state index is 13.3. The van der Waals surface area contributed by atoms with Gasteiger partial charge in [-0.3, -0.25) is 0 Å². The lowest BCUT2D eigenvalue weighted by atomic mass is 10.2. The summed E-state index contributed by atoms with van der Waals surface area (Å²) in [4.78, 5) is 11.6. The second-order valence-corrected chi connectivity index (χ2v) is 3.37. The fraction of sp³-hybridized carbons (Fsp3) is 0. The fourth-order valence-corrected chi connectivity index (χ4v) is 1.32. The third-order valence-electron chi connectivity index (χ3n) is 2.13. The Balaban J connectivity index is 2.21. The predicted octanol–water partition coefficient (Wildman–Crippen LogP) is 2.75. The van der Waals surface area contributed by atoms with E-state index in [9.17, 15) is 9.18 Å². The van der Waals surface area contributed by atoms with Crippen LogP contribution >= 0.6 is 0 Å². The SMILES string of the molecule is O=C(Oc1ccccc1)c1ccc(O)cc1F. The first-order chi connectivity index (χ1) is 8.16. The van der Waals surface area contributed by atoms with E-state index in [-0.39, 0.29) is 11.3 Å². The van der Waals surface area contributed by atoms with Gasteiger partial charge >= 0.3 is 5.97 Å². The number of carbonyl (C=O) groups excluding carboxylic acids is 1. The second kappa shape index (κ2) is 4.65. The van der Waals surface area contributed by atoms with E-state index in [4.69, 9.17) is 9.84 Å². The molecule has 17 heavy (non-hydrogen) atoms. The molecular weight excluding hydrogens is 223 g/mol. The highest BCUT2D eigenvalue weighted by atomic mass is 19.1. The number of phenols is 1. The average molecular weight is 232 g/mol. The van der Waals surface area contributed by atoms with Gasteiger partial charge in [-0.2, -0.15) is 0 Å². The van der Waals surface area contributed by atoms with Crippen LogP contribution in [-0.4, -0.2) is 11.1 Å². The first kappa shape index (κ1) is 11.1. The van der Waals surface area contributed by atoms with E-state index < -0.39 is 11.8 Å². The smallest absolute Gasteiger partial charge is 0.346 e. The Morgan fingerprint density at radius 1 is 1.12 bits per heavy atom. The van der Waals surface area contributed by atoms with E-state index in [2.05, 4.69) is 0 Å². The van der Waals surface area contributed by atoms with E-state index in [1.807, 2.05) is 0 Å². The van der Waals surface area contributed by atoms with Crippen molar-refractivity contribution in [1.82, 2.24) is 0 Å². The lowest BCUT2D eigenvalue weighted by Crippen LogP contribution is -2.10. The van der Waals surface area contributed by atoms with Gasteiger partial charge in [-0.05, 0) is 24.3 Å². The summed E-state index contributed by atoms with van der Waals surface area (Å²) in [6, 6.07) is 11.6. The number of ether oxygens (including phenoxy) is 1. The molecule has 0 atom stereocenters. The molecule has 2 rings (SSSR count). The Morgan fingerprint density at radius 3 is 2.47 bits per heavy atom. The van der Waals surface area contributed by atoms with Crippen LogP contribution in [0.4, 0.5) is 4.39 Å². The quantitative estimate of drug-likeness (QED) is 0.639. The van der Waals surface area contributed by atoms with Crippen molar-refractivity contribution in [1.29, 1.82) is 0 Å². The lowest BCUT2D eigenvalue weighted by Gasteiger charge is -2.04. The highest BCUT2D eigenvalue weighted by Gasteiger charge is 2.14. The molecule has 0 fully saturated rings. The van der Waals surface area contributed by atoms with Gasteiger partial charge in [-0.25, -0.2) is 9.18 Å². The van der Waals surface area contributed by atoms with Crippen LogP contribution in [0.3, 0.4) is 0 Å². The molecule has 2 aromatic carbocycles. The Labute approximate surface area is 97.1 Å². The first-order valence-electron chi connectivity index (χ1n) is 4.92. The zero-order valence-corrected chi connectivity index (χ0v) is 8.76. The van der Waals surface area contributed by atoms with Crippen molar-refractivity contribution in [3.8, 4) is 11.5 Å². The molecule has 86 valence electrons.